The molecule has 0 saturated carbocycles. The Morgan fingerprint density at radius 2 is 2.06 bits per heavy atom. The molecule has 0 aliphatic heterocycles. The Kier molecular flexibility index (Phi) is 4.87. The zero-order chi connectivity index (χ0) is 13.0. The van der Waals surface area contributed by atoms with Gasteiger partial charge in [-0.1, -0.05) is 13.8 Å². The number of nitrogens with two attached hydrogens (primary N) is 1. The minimum atomic E-state index is -0.168. The third kappa shape index (κ3) is 3.66. The second-order valence-electron chi connectivity index (χ2n) is 4.16. The van der Waals surface area contributed by atoms with E-state index in [9.17, 15) is 4.79 Å². The lowest BCUT2D eigenvalue weighted by molar-refractivity contribution is -0.144. The van der Waals surface area contributed by atoms with Crippen LogP contribution in [0.4, 0.5) is 5.69 Å². The van der Waals surface area contributed by atoms with Crippen molar-refractivity contribution in [3.8, 4) is 0 Å². The molecule has 1 rings (SSSR count). The summed E-state index contributed by atoms with van der Waals surface area (Å²) in [6.07, 6.45) is 0. The van der Waals surface area contributed by atoms with Gasteiger partial charge in [-0.3, -0.25) is 4.79 Å². The molecule has 94 valence electrons. The Bertz CT molecular complexity index is 406. The largest absolute Gasteiger partial charge is 0.469 e. The number of esters is 1. The van der Waals surface area contributed by atoms with E-state index in [1.165, 1.54) is 7.11 Å². The first kappa shape index (κ1) is 13.9. The first-order valence-electron chi connectivity index (χ1n) is 5.56. The molecule has 3 nitrogen and oxygen atoms in total. The lowest BCUT2D eigenvalue weighted by Gasteiger charge is -2.18. The zero-order valence-corrected chi connectivity index (χ0v) is 11.5. The summed E-state index contributed by atoms with van der Waals surface area (Å²) in [5.74, 6) is -0.292. The fraction of sp³-hybridized carbons (Fsp3) is 0.462. The molecule has 1 aromatic rings. The van der Waals surface area contributed by atoms with E-state index in [1.54, 1.807) is 11.8 Å². The fourth-order valence-electron chi connectivity index (χ4n) is 1.48. The zero-order valence-electron chi connectivity index (χ0n) is 10.7. The molecule has 0 amide bonds. The first-order chi connectivity index (χ1) is 7.95. The van der Waals surface area contributed by atoms with Crippen molar-refractivity contribution in [1.82, 2.24) is 0 Å². The van der Waals surface area contributed by atoms with Gasteiger partial charge in [-0.15, -0.1) is 11.8 Å². The van der Waals surface area contributed by atoms with Gasteiger partial charge in [-0.2, -0.15) is 0 Å². The van der Waals surface area contributed by atoms with Crippen molar-refractivity contribution in [2.24, 2.45) is 5.92 Å². The molecule has 2 unspecified atom stereocenters. The standard InChI is InChI=1S/C13H19NO2S/c1-8-7-11(14)5-6-12(8)17-10(3)9(2)13(15)16-4/h5-7,9-10H,14H2,1-4H3. The maximum absolute atomic E-state index is 11.4. The Labute approximate surface area is 107 Å². The number of anilines is 1. The fourth-order valence-corrected chi connectivity index (χ4v) is 2.59. The van der Waals surface area contributed by atoms with Crippen molar-refractivity contribution in [3.63, 3.8) is 0 Å². The number of carbonyl (C=O) groups excluding carboxylic acids is 1. The number of aryl methyl sites for hydroxylation is 1. The summed E-state index contributed by atoms with van der Waals surface area (Å²) in [6, 6.07) is 5.82. The highest BCUT2D eigenvalue weighted by atomic mass is 32.2. The molecule has 0 saturated heterocycles. The van der Waals surface area contributed by atoms with Crippen LogP contribution < -0.4 is 5.73 Å². The number of benzene rings is 1. The van der Waals surface area contributed by atoms with Gasteiger partial charge in [-0.05, 0) is 30.7 Å². The van der Waals surface area contributed by atoms with Crippen LogP contribution in [0.2, 0.25) is 0 Å². The Balaban J connectivity index is 2.74. The van der Waals surface area contributed by atoms with Crippen molar-refractivity contribution >= 4 is 23.4 Å². The predicted octanol–water partition coefficient (Wildman–Crippen LogP) is 2.87. The van der Waals surface area contributed by atoms with E-state index in [0.717, 1.165) is 16.1 Å². The van der Waals surface area contributed by atoms with Crippen LogP contribution in [0.25, 0.3) is 0 Å². The van der Waals surface area contributed by atoms with E-state index in [1.807, 2.05) is 39.0 Å². The van der Waals surface area contributed by atoms with Crippen LogP contribution in [0.15, 0.2) is 23.1 Å². The summed E-state index contributed by atoms with van der Waals surface area (Å²) in [5, 5.41) is 0.171. The Morgan fingerprint density at radius 1 is 1.41 bits per heavy atom. The summed E-state index contributed by atoms with van der Waals surface area (Å²) < 4.78 is 4.75. The number of hydrogen-bond acceptors (Lipinski definition) is 4. The summed E-state index contributed by atoms with van der Waals surface area (Å²) in [5.41, 5.74) is 7.61. The van der Waals surface area contributed by atoms with Gasteiger partial charge in [0.25, 0.3) is 0 Å². The van der Waals surface area contributed by atoms with Crippen molar-refractivity contribution in [3.05, 3.63) is 23.8 Å². The minimum Gasteiger partial charge on any atom is -0.469 e. The molecule has 0 fully saturated rings. The van der Waals surface area contributed by atoms with Crippen LogP contribution in [0.5, 0.6) is 0 Å². The molecular formula is C13H19NO2S. The number of ether oxygens (including phenoxy) is 1. The van der Waals surface area contributed by atoms with Gasteiger partial charge in [0.1, 0.15) is 0 Å². The topological polar surface area (TPSA) is 52.3 Å². The lowest BCUT2D eigenvalue weighted by Crippen LogP contribution is -2.21. The molecule has 4 heteroatoms. The number of rotatable bonds is 4. The van der Waals surface area contributed by atoms with E-state index in [-0.39, 0.29) is 17.1 Å². The summed E-state index contributed by atoms with van der Waals surface area (Å²) in [4.78, 5) is 12.6. The van der Waals surface area contributed by atoms with Crippen LogP contribution >= 0.6 is 11.8 Å². The normalized spacial score (nSPS) is 14.1. The van der Waals surface area contributed by atoms with Crippen molar-refractivity contribution in [2.75, 3.05) is 12.8 Å². The van der Waals surface area contributed by atoms with Crippen LogP contribution in [-0.2, 0) is 9.53 Å². The van der Waals surface area contributed by atoms with E-state index in [0.29, 0.717) is 0 Å². The van der Waals surface area contributed by atoms with E-state index >= 15 is 0 Å². The minimum absolute atomic E-state index is 0.123. The molecule has 0 spiro atoms. The van der Waals surface area contributed by atoms with Gasteiger partial charge in [0, 0.05) is 15.8 Å². The van der Waals surface area contributed by atoms with Gasteiger partial charge < -0.3 is 10.5 Å². The van der Waals surface area contributed by atoms with E-state index < -0.39 is 0 Å². The van der Waals surface area contributed by atoms with Gasteiger partial charge in [0.15, 0.2) is 0 Å². The van der Waals surface area contributed by atoms with Gasteiger partial charge >= 0.3 is 5.97 Å². The second-order valence-corrected chi connectivity index (χ2v) is 5.58. The molecule has 0 bridgehead atoms. The Morgan fingerprint density at radius 3 is 2.59 bits per heavy atom. The highest BCUT2D eigenvalue weighted by Crippen LogP contribution is 2.31. The molecule has 2 atom stereocenters. The quantitative estimate of drug-likeness (QED) is 0.509. The number of carbonyl (C=O) groups is 1. The number of hydrogen-bond donors (Lipinski definition) is 1. The third-order valence-corrected chi connectivity index (χ3v) is 4.28. The summed E-state index contributed by atoms with van der Waals surface area (Å²) >= 11 is 1.67. The monoisotopic (exact) mass is 253 g/mol. The van der Waals surface area contributed by atoms with E-state index in [4.69, 9.17) is 10.5 Å². The van der Waals surface area contributed by atoms with E-state index in [2.05, 4.69) is 0 Å². The van der Waals surface area contributed by atoms with Crippen LogP contribution in [0.3, 0.4) is 0 Å². The SMILES string of the molecule is COC(=O)C(C)C(C)Sc1ccc(N)cc1C. The van der Waals surface area contributed by atoms with Crippen LogP contribution in [0, 0.1) is 12.8 Å². The van der Waals surface area contributed by atoms with Gasteiger partial charge in [0.05, 0.1) is 13.0 Å². The molecule has 17 heavy (non-hydrogen) atoms. The summed E-state index contributed by atoms with van der Waals surface area (Å²) in [6.45, 7) is 5.94. The molecular weight excluding hydrogens is 234 g/mol. The van der Waals surface area contributed by atoms with Crippen LogP contribution in [0.1, 0.15) is 19.4 Å². The lowest BCUT2D eigenvalue weighted by atomic mass is 10.1. The third-order valence-electron chi connectivity index (χ3n) is 2.79. The second kappa shape index (κ2) is 5.96. The molecule has 2 N–H and O–H groups in total. The molecule has 0 aromatic heterocycles. The van der Waals surface area contributed by atoms with Crippen molar-refractivity contribution in [1.29, 1.82) is 0 Å². The van der Waals surface area contributed by atoms with Crippen molar-refractivity contribution < 1.29 is 9.53 Å². The average molecular weight is 253 g/mol. The maximum Gasteiger partial charge on any atom is 0.309 e. The molecule has 0 heterocycles. The summed E-state index contributed by atoms with van der Waals surface area (Å²) in [7, 11) is 1.42. The smallest absolute Gasteiger partial charge is 0.309 e. The van der Waals surface area contributed by atoms with Gasteiger partial charge in [-0.25, -0.2) is 0 Å². The van der Waals surface area contributed by atoms with Gasteiger partial charge in [0.2, 0.25) is 0 Å². The predicted molar refractivity (Wildman–Crippen MR) is 72.1 cm³/mol. The molecule has 0 aliphatic carbocycles. The molecule has 0 radical (unpaired) electrons. The van der Waals surface area contributed by atoms with Crippen molar-refractivity contribution in [2.45, 2.75) is 30.9 Å². The molecule has 1 aromatic carbocycles. The number of thioether (sulfide) groups is 1. The van der Waals surface area contributed by atoms with Crippen LogP contribution in [-0.4, -0.2) is 18.3 Å². The highest BCUT2D eigenvalue weighted by Gasteiger charge is 2.22. The average Bonchev–Trinajstić information content (AvgIpc) is 2.30. The number of methoxy groups -OCH3 is 1. The maximum atomic E-state index is 11.4. The molecule has 0 aliphatic rings. The first-order valence-corrected chi connectivity index (χ1v) is 6.44. The highest BCUT2D eigenvalue weighted by molar-refractivity contribution is 8.00. The number of nitrogen functional groups attached to an aromatic ring is 1. The Hall–Kier alpha value is -1.16.